The Labute approximate surface area is 319 Å². The lowest BCUT2D eigenvalue weighted by Gasteiger charge is -2.26. The van der Waals surface area contributed by atoms with Crippen LogP contribution >= 0.6 is 11.3 Å². The first kappa shape index (κ1) is 32.2. The molecule has 0 aliphatic carbocycles. The zero-order valence-corrected chi connectivity index (χ0v) is 30.5. The molecule has 2 aromatic heterocycles. The molecule has 0 saturated heterocycles. The number of anilines is 3. The summed E-state index contributed by atoms with van der Waals surface area (Å²) in [4.78, 5) is 2.36. The number of para-hydroxylation sites is 2. The summed E-state index contributed by atoms with van der Waals surface area (Å²) in [6.45, 7) is 0. The summed E-state index contributed by atoms with van der Waals surface area (Å²) in [5.41, 5.74) is 11.5. The van der Waals surface area contributed by atoms with E-state index in [1.54, 1.807) is 0 Å². The first-order valence-corrected chi connectivity index (χ1v) is 19.5. The van der Waals surface area contributed by atoms with Gasteiger partial charge in [-0.25, -0.2) is 0 Å². The Kier molecular flexibility index (Phi) is 8.27. The highest BCUT2D eigenvalue weighted by Gasteiger charge is 2.22. The van der Waals surface area contributed by atoms with E-state index in [0.29, 0.717) is 0 Å². The van der Waals surface area contributed by atoms with Crippen molar-refractivity contribution in [1.82, 2.24) is 0 Å². The van der Waals surface area contributed by atoms with Gasteiger partial charge in [0.25, 0.3) is 0 Å². The number of rotatable bonds is 9. The van der Waals surface area contributed by atoms with E-state index in [2.05, 4.69) is 199 Å². The third-order valence-corrected chi connectivity index (χ3v) is 11.9. The van der Waals surface area contributed by atoms with Crippen LogP contribution in [-0.2, 0) is 12.8 Å². The minimum absolute atomic E-state index is 0.278. The van der Waals surface area contributed by atoms with Gasteiger partial charge in [-0.15, -0.1) is 11.3 Å². The van der Waals surface area contributed by atoms with Gasteiger partial charge in [-0.2, -0.15) is 0 Å². The summed E-state index contributed by atoms with van der Waals surface area (Å²) < 4.78 is 9.57. The largest absolute Gasteiger partial charge is 0.456 e. The third-order valence-electron chi connectivity index (χ3n) is 10.7. The zero-order chi connectivity index (χ0) is 35.8. The predicted octanol–water partition coefficient (Wildman–Crippen LogP) is 14.7. The van der Waals surface area contributed by atoms with Crippen LogP contribution in [0.3, 0.4) is 0 Å². The molecule has 0 aliphatic heterocycles. The van der Waals surface area contributed by atoms with Gasteiger partial charge in [-0.1, -0.05) is 146 Å². The molecular weight excluding hydrogens is 675 g/mol. The van der Waals surface area contributed by atoms with Gasteiger partial charge in [0, 0.05) is 36.9 Å². The second-order valence-electron chi connectivity index (χ2n) is 14.1. The molecule has 0 fully saturated rings. The van der Waals surface area contributed by atoms with E-state index in [1.165, 1.54) is 48.0 Å². The molecule has 0 amide bonds. The quantitative estimate of drug-likeness (QED) is 0.148. The predicted molar refractivity (Wildman–Crippen MR) is 230 cm³/mol. The monoisotopic (exact) mass is 711 g/mol. The van der Waals surface area contributed by atoms with Crippen LogP contribution in [0.1, 0.15) is 22.6 Å². The maximum absolute atomic E-state index is 6.88. The van der Waals surface area contributed by atoms with Gasteiger partial charge in [0.05, 0.1) is 11.1 Å². The van der Waals surface area contributed by atoms with E-state index in [-0.39, 0.29) is 5.92 Å². The van der Waals surface area contributed by atoms with Crippen LogP contribution < -0.4 is 4.90 Å². The fourth-order valence-corrected chi connectivity index (χ4v) is 9.32. The lowest BCUT2D eigenvalue weighted by atomic mass is 9.86. The lowest BCUT2D eigenvalue weighted by molar-refractivity contribution is 0.641. The number of fused-ring (bicyclic) bond motifs is 6. The van der Waals surface area contributed by atoms with E-state index in [4.69, 9.17) is 4.42 Å². The molecule has 8 aromatic carbocycles. The van der Waals surface area contributed by atoms with Crippen molar-refractivity contribution in [1.29, 1.82) is 0 Å². The van der Waals surface area contributed by atoms with E-state index in [0.717, 1.165) is 51.8 Å². The number of nitrogens with zero attached hydrogens (tertiary/aromatic N) is 1. The Bertz CT molecular complexity index is 2870. The van der Waals surface area contributed by atoms with Crippen molar-refractivity contribution in [3.8, 4) is 11.1 Å². The Morgan fingerprint density at radius 3 is 1.94 bits per heavy atom. The van der Waals surface area contributed by atoms with Crippen LogP contribution in [0.15, 0.2) is 199 Å². The molecule has 3 heteroatoms. The molecule has 2 nitrogen and oxygen atoms in total. The minimum Gasteiger partial charge on any atom is -0.456 e. The van der Waals surface area contributed by atoms with Gasteiger partial charge < -0.3 is 9.32 Å². The summed E-state index contributed by atoms with van der Waals surface area (Å²) in [5.74, 6) is 0.278. The van der Waals surface area contributed by atoms with Gasteiger partial charge in [0.15, 0.2) is 0 Å². The van der Waals surface area contributed by atoms with E-state index >= 15 is 0 Å². The van der Waals surface area contributed by atoms with E-state index in [1.807, 2.05) is 11.3 Å². The smallest absolute Gasteiger partial charge is 0.138 e. The average molecular weight is 712 g/mol. The Balaban J connectivity index is 1.06. The minimum atomic E-state index is 0.278. The Hall–Kier alpha value is -6.42. The molecule has 10 rings (SSSR count). The Morgan fingerprint density at radius 1 is 0.481 bits per heavy atom. The highest BCUT2D eigenvalue weighted by atomic mass is 32.1. The van der Waals surface area contributed by atoms with Crippen molar-refractivity contribution in [2.75, 3.05) is 4.90 Å². The van der Waals surface area contributed by atoms with Crippen molar-refractivity contribution in [3.05, 3.63) is 211 Å². The fraction of sp³-hybridized carbons (Fsp3) is 0.0588. The third kappa shape index (κ3) is 5.93. The molecule has 258 valence electrons. The first-order valence-electron chi connectivity index (χ1n) is 18.7. The maximum atomic E-state index is 6.88. The normalized spacial score (nSPS) is 12.1. The van der Waals surface area contributed by atoms with Crippen molar-refractivity contribution in [2.45, 2.75) is 18.8 Å². The summed E-state index contributed by atoms with van der Waals surface area (Å²) in [6, 6.07) is 70.0. The van der Waals surface area contributed by atoms with Crippen molar-refractivity contribution in [3.63, 3.8) is 0 Å². The molecule has 0 N–H and O–H groups in total. The Morgan fingerprint density at radius 2 is 1.13 bits per heavy atom. The van der Waals surface area contributed by atoms with Crippen molar-refractivity contribution < 1.29 is 4.42 Å². The van der Waals surface area contributed by atoms with Crippen LogP contribution in [0.25, 0.3) is 53.2 Å². The first-order chi connectivity index (χ1) is 26.8. The number of hydrogen-bond acceptors (Lipinski definition) is 3. The average Bonchev–Trinajstić information content (AvgIpc) is 3.81. The van der Waals surface area contributed by atoms with Crippen LogP contribution in [0.5, 0.6) is 0 Å². The van der Waals surface area contributed by atoms with Crippen LogP contribution in [-0.4, -0.2) is 0 Å². The van der Waals surface area contributed by atoms with Crippen LogP contribution in [0, 0.1) is 0 Å². The molecule has 1 atom stereocenters. The summed E-state index contributed by atoms with van der Waals surface area (Å²) in [7, 11) is 0. The van der Waals surface area contributed by atoms with Gasteiger partial charge in [-0.05, 0) is 95.1 Å². The highest BCUT2D eigenvalue weighted by molar-refractivity contribution is 7.25. The van der Waals surface area contributed by atoms with Crippen molar-refractivity contribution in [2.24, 2.45) is 0 Å². The molecule has 0 aliphatic rings. The molecule has 0 radical (unpaired) electrons. The van der Waals surface area contributed by atoms with Crippen LogP contribution in [0.2, 0.25) is 0 Å². The van der Waals surface area contributed by atoms with Crippen LogP contribution in [0.4, 0.5) is 17.1 Å². The molecule has 0 unspecified atom stereocenters. The number of benzene rings is 8. The summed E-state index contributed by atoms with van der Waals surface area (Å²) in [5, 5.41) is 4.94. The summed E-state index contributed by atoms with van der Waals surface area (Å²) in [6.07, 6.45) is 1.81. The molecular formula is C51H37NOS. The van der Waals surface area contributed by atoms with Crippen molar-refractivity contribution >= 4 is 70.5 Å². The standard InChI is InChI=1S/C51H37NOS/c1-4-14-36(15-5-1)38-27-29-42(30-28-38)52(41-19-8-3-9-20-41)46-23-13-24-47-50(46)45-22-12-18-39(51(45)53-47)34-40(37-16-6-2-7-17-37)32-35-26-31-44-43-21-10-11-25-48(43)54-49(44)33-35/h1-31,33,40H,32,34H2/t40-/m1/s1. The van der Waals surface area contributed by atoms with E-state index < -0.39 is 0 Å². The van der Waals surface area contributed by atoms with Gasteiger partial charge in [0.1, 0.15) is 11.2 Å². The lowest BCUT2D eigenvalue weighted by Crippen LogP contribution is -2.10. The molecule has 10 aromatic rings. The fourth-order valence-electron chi connectivity index (χ4n) is 8.15. The molecule has 54 heavy (non-hydrogen) atoms. The van der Waals surface area contributed by atoms with Gasteiger partial charge >= 0.3 is 0 Å². The second-order valence-corrected chi connectivity index (χ2v) is 15.2. The highest BCUT2D eigenvalue weighted by Crippen LogP contribution is 2.44. The number of thiophene rings is 1. The SMILES string of the molecule is c1ccc(-c2ccc(N(c3ccccc3)c3cccc4oc5c(C[C@@H](Cc6ccc7c(c6)sc6ccccc67)c6ccccc6)cccc5c34)cc2)cc1. The van der Waals surface area contributed by atoms with E-state index in [9.17, 15) is 0 Å². The van der Waals surface area contributed by atoms with Gasteiger partial charge in [-0.3, -0.25) is 0 Å². The summed E-state index contributed by atoms with van der Waals surface area (Å²) >= 11 is 1.89. The maximum Gasteiger partial charge on any atom is 0.138 e. The molecule has 0 saturated carbocycles. The van der Waals surface area contributed by atoms with Gasteiger partial charge in [0.2, 0.25) is 0 Å². The molecule has 2 heterocycles. The zero-order valence-electron chi connectivity index (χ0n) is 29.7. The molecule has 0 spiro atoms. The number of furan rings is 1. The number of hydrogen-bond donors (Lipinski definition) is 0. The topological polar surface area (TPSA) is 16.4 Å². The second kappa shape index (κ2) is 13.9. The molecule has 0 bridgehead atoms.